The predicted molar refractivity (Wildman–Crippen MR) is 106 cm³/mol. The van der Waals surface area contributed by atoms with E-state index in [0.29, 0.717) is 23.5 Å². The molecule has 1 aromatic rings. The van der Waals surface area contributed by atoms with Crippen molar-refractivity contribution < 1.29 is 14.3 Å². The maximum atomic E-state index is 12.1. The first-order chi connectivity index (χ1) is 12.0. The number of nitrogens with zero attached hydrogens (tertiary/aromatic N) is 2. The molecule has 1 unspecified atom stereocenters. The molecule has 9 heteroatoms. The van der Waals surface area contributed by atoms with E-state index < -0.39 is 0 Å². The van der Waals surface area contributed by atoms with Crippen molar-refractivity contribution >= 4 is 56.6 Å². The van der Waals surface area contributed by atoms with Crippen LogP contribution in [0.25, 0.3) is 0 Å². The second-order valence-corrected chi connectivity index (χ2v) is 8.23. The summed E-state index contributed by atoms with van der Waals surface area (Å²) >= 11 is 8.14. The molecule has 1 N–H and O–H groups in total. The van der Waals surface area contributed by atoms with Gasteiger partial charge in [0.05, 0.1) is 24.5 Å². The number of esters is 1. The zero-order chi connectivity index (χ0) is 18.2. The fourth-order valence-corrected chi connectivity index (χ4v) is 4.48. The zero-order valence-corrected chi connectivity index (χ0v) is 16.9. The van der Waals surface area contributed by atoms with Crippen molar-refractivity contribution in [1.29, 1.82) is 0 Å². The zero-order valence-electron chi connectivity index (χ0n) is 14.4. The molecule has 0 spiro atoms. The SMILES string of the molecule is CCOC(=O)Cc1csc(NC(=O)CSC(=S)N2CCCCC2C)n1. The van der Waals surface area contributed by atoms with Crippen molar-refractivity contribution in [3.63, 3.8) is 0 Å². The average molecular weight is 402 g/mol. The van der Waals surface area contributed by atoms with Crippen LogP contribution >= 0.6 is 35.3 Å². The minimum Gasteiger partial charge on any atom is -0.466 e. The third-order valence-electron chi connectivity index (χ3n) is 3.79. The van der Waals surface area contributed by atoms with Crippen LogP contribution in [0.1, 0.15) is 38.8 Å². The van der Waals surface area contributed by atoms with E-state index in [1.54, 1.807) is 12.3 Å². The topological polar surface area (TPSA) is 71.5 Å². The molecule has 1 aromatic heterocycles. The van der Waals surface area contributed by atoms with E-state index in [9.17, 15) is 9.59 Å². The lowest BCUT2D eigenvalue weighted by atomic mass is 10.1. The van der Waals surface area contributed by atoms with Crippen molar-refractivity contribution in [2.75, 3.05) is 24.2 Å². The molecule has 6 nitrogen and oxygen atoms in total. The number of carbonyl (C=O) groups is 2. The molecule has 1 amide bonds. The van der Waals surface area contributed by atoms with Crippen LogP contribution in [0.2, 0.25) is 0 Å². The van der Waals surface area contributed by atoms with Crippen LogP contribution in [-0.2, 0) is 20.7 Å². The molecule has 0 aliphatic carbocycles. The van der Waals surface area contributed by atoms with Crippen molar-refractivity contribution in [2.45, 2.75) is 45.6 Å². The Bertz CT molecular complexity index is 621. The number of rotatable bonds is 6. The largest absolute Gasteiger partial charge is 0.466 e. The van der Waals surface area contributed by atoms with Crippen LogP contribution in [0.15, 0.2) is 5.38 Å². The van der Waals surface area contributed by atoms with Gasteiger partial charge in [0.25, 0.3) is 0 Å². The number of ether oxygens (including phenoxy) is 1. The highest BCUT2D eigenvalue weighted by molar-refractivity contribution is 8.23. The minimum atomic E-state index is -0.317. The third-order valence-corrected chi connectivity index (χ3v) is 6.08. The first-order valence-electron chi connectivity index (χ1n) is 8.33. The highest BCUT2D eigenvalue weighted by atomic mass is 32.2. The number of amides is 1. The van der Waals surface area contributed by atoms with Crippen molar-refractivity contribution in [1.82, 2.24) is 9.88 Å². The first kappa shape index (κ1) is 20.1. The Labute approximate surface area is 161 Å². The summed E-state index contributed by atoms with van der Waals surface area (Å²) in [5.41, 5.74) is 0.601. The molecule has 1 fully saturated rings. The van der Waals surface area contributed by atoms with E-state index in [-0.39, 0.29) is 24.1 Å². The number of anilines is 1. The Morgan fingerprint density at radius 1 is 1.52 bits per heavy atom. The summed E-state index contributed by atoms with van der Waals surface area (Å²) in [6, 6.07) is 0.446. The van der Waals surface area contributed by atoms with E-state index in [4.69, 9.17) is 17.0 Å². The Morgan fingerprint density at radius 3 is 3.04 bits per heavy atom. The minimum absolute atomic E-state index is 0.117. The lowest BCUT2D eigenvalue weighted by Crippen LogP contribution is -2.40. The second kappa shape index (κ2) is 10.1. The maximum absolute atomic E-state index is 12.1. The Hall–Kier alpha value is -1.19. The van der Waals surface area contributed by atoms with Crippen LogP contribution in [0.4, 0.5) is 5.13 Å². The fourth-order valence-electron chi connectivity index (χ4n) is 2.54. The molecule has 0 saturated carbocycles. The maximum Gasteiger partial charge on any atom is 0.311 e. The summed E-state index contributed by atoms with van der Waals surface area (Å²) in [7, 11) is 0. The highest BCUT2D eigenvalue weighted by Crippen LogP contribution is 2.22. The van der Waals surface area contributed by atoms with Gasteiger partial charge in [0.15, 0.2) is 5.13 Å². The fraction of sp³-hybridized carbons (Fsp3) is 0.625. The number of likely N-dealkylation sites (tertiary alicyclic amines) is 1. The van der Waals surface area contributed by atoms with Gasteiger partial charge in [-0.3, -0.25) is 9.59 Å². The molecule has 1 aliphatic rings. The van der Waals surface area contributed by atoms with E-state index in [1.165, 1.54) is 29.5 Å². The lowest BCUT2D eigenvalue weighted by molar-refractivity contribution is -0.142. The van der Waals surface area contributed by atoms with Gasteiger partial charge in [-0.1, -0.05) is 24.0 Å². The van der Waals surface area contributed by atoms with E-state index in [2.05, 4.69) is 22.1 Å². The predicted octanol–water partition coefficient (Wildman–Crippen LogP) is 3.08. The molecule has 0 radical (unpaired) electrons. The van der Waals surface area contributed by atoms with Gasteiger partial charge in [-0.15, -0.1) is 11.3 Å². The Morgan fingerprint density at radius 2 is 2.32 bits per heavy atom. The lowest BCUT2D eigenvalue weighted by Gasteiger charge is -2.34. The molecular weight excluding hydrogens is 378 g/mol. The quantitative estimate of drug-likeness (QED) is 0.580. The highest BCUT2D eigenvalue weighted by Gasteiger charge is 2.21. The molecule has 1 saturated heterocycles. The molecule has 25 heavy (non-hydrogen) atoms. The molecule has 0 bridgehead atoms. The number of aromatic nitrogens is 1. The summed E-state index contributed by atoms with van der Waals surface area (Å²) in [5, 5.41) is 4.99. The third kappa shape index (κ3) is 6.56. The Kier molecular flexibility index (Phi) is 8.11. The first-order valence-corrected chi connectivity index (χ1v) is 10.6. The van der Waals surface area contributed by atoms with Gasteiger partial charge in [-0.05, 0) is 33.1 Å². The molecular formula is C16H23N3O3S3. The summed E-state index contributed by atoms with van der Waals surface area (Å²) in [5.74, 6) is -0.203. The monoisotopic (exact) mass is 401 g/mol. The van der Waals surface area contributed by atoms with Gasteiger partial charge < -0.3 is 15.0 Å². The van der Waals surface area contributed by atoms with E-state index in [0.717, 1.165) is 23.7 Å². The van der Waals surface area contributed by atoms with Crippen LogP contribution < -0.4 is 5.32 Å². The number of thiocarbonyl (C=S) groups is 1. The van der Waals surface area contributed by atoms with Gasteiger partial charge in [-0.2, -0.15) is 0 Å². The normalized spacial score (nSPS) is 17.2. The van der Waals surface area contributed by atoms with Gasteiger partial charge in [0, 0.05) is 18.0 Å². The summed E-state index contributed by atoms with van der Waals surface area (Å²) < 4.78 is 5.67. The van der Waals surface area contributed by atoms with Crippen molar-refractivity contribution in [2.24, 2.45) is 0 Å². The molecule has 0 aromatic carbocycles. The van der Waals surface area contributed by atoms with Gasteiger partial charge in [0.2, 0.25) is 5.91 Å². The summed E-state index contributed by atoms with van der Waals surface area (Å²) in [6.45, 7) is 5.25. The number of carbonyl (C=O) groups excluding carboxylic acids is 2. The van der Waals surface area contributed by atoms with Crippen LogP contribution in [0.5, 0.6) is 0 Å². The standard InChI is InChI=1S/C16H23N3O3S3/c1-3-22-14(21)8-12-9-24-15(17-12)18-13(20)10-25-16(23)19-7-5-4-6-11(19)2/h9,11H,3-8,10H2,1-2H3,(H,17,18,20). The smallest absolute Gasteiger partial charge is 0.311 e. The van der Waals surface area contributed by atoms with E-state index in [1.807, 2.05) is 0 Å². The molecule has 2 heterocycles. The van der Waals surface area contributed by atoms with Gasteiger partial charge >= 0.3 is 5.97 Å². The molecule has 1 aliphatic heterocycles. The van der Waals surface area contributed by atoms with Crippen LogP contribution in [-0.4, -0.2) is 51.0 Å². The number of hydrogen-bond donors (Lipinski definition) is 1. The molecule has 138 valence electrons. The number of thioether (sulfide) groups is 1. The number of hydrogen-bond acceptors (Lipinski definition) is 7. The van der Waals surface area contributed by atoms with Crippen molar-refractivity contribution in [3.05, 3.63) is 11.1 Å². The summed E-state index contributed by atoms with van der Waals surface area (Å²) in [6.07, 6.45) is 3.66. The van der Waals surface area contributed by atoms with Crippen LogP contribution in [0, 0.1) is 0 Å². The van der Waals surface area contributed by atoms with Gasteiger partial charge in [-0.25, -0.2) is 4.98 Å². The average Bonchev–Trinajstić information content (AvgIpc) is 3.00. The Balaban J connectivity index is 1.75. The number of thiazole rings is 1. The van der Waals surface area contributed by atoms with Crippen LogP contribution in [0.3, 0.4) is 0 Å². The van der Waals surface area contributed by atoms with E-state index >= 15 is 0 Å². The molecule has 1 atom stereocenters. The molecule has 2 rings (SSSR count). The second-order valence-electron chi connectivity index (χ2n) is 5.77. The number of piperidine rings is 1. The van der Waals surface area contributed by atoms with Crippen molar-refractivity contribution in [3.8, 4) is 0 Å². The number of nitrogens with one attached hydrogen (secondary N) is 1. The van der Waals surface area contributed by atoms with Gasteiger partial charge in [0.1, 0.15) is 4.32 Å². The summed E-state index contributed by atoms with van der Waals surface area (Å²) in [4.78, 5) is 30.0.